The van der Waals surface area contributed by atoms with E-state index in [1.165, 1.54) is 6.07 Å². The molecule has 0 fully saturated rings. The van der Waals surface area contributed by atoms with Crippen molar-refractivity contribution in [3.05, 3.63) is 52.5 Å². The summed E-state index contributed by atoms with van der Waals surface area (Å²) in [7, 11) is 0. The number of carbonyl (C=O) groups is 1. The maximum atomic E-state index is 12.0. The molecule has 0 heterocycles. The monoisotopic (exact) mass is 337 g/mol. The third kappa shape index (κ3) is 3.52. The molecule has 2 aromatic rings. The first-order valence-corrected chi connectivity index (χ1v) is 7.56. The number of hydrogen-bond acceptors (Lipinski definition) is 3. The molecule has 0 unspecified atom stereocenters. The Morgan fingerprint density at radius 3 is 2.53 bits per heavy atom. The average Bonchev–Trinajstić information content (AvgIpc) is 2.42. The number of thioether (sulfide) groups is 1. The first-order chi connectivity index (χ1) is 9.10. The number of phenols is 1. The standard InChI is InChI=1S/C14H12BrNO2S/c1-19-11-5-3-10(4-6-11)16-14(18)12-8-9(15)2-7-13(12)17/h2-8,17H,1H3,(H,16,18). The van der Waals surface area contributed by atoms with Crippen molar-refractivity contribution >= 4 is 39.3 Å². The van der Waals surface area contributed by atoms with Gasteiger partial charge in [-0.3, -0.25) is 4.79 Å². The van der Waals surface area contributed by atoms with Crippen molar-refractivity contribution in [3.63, 3.8) is 0 Å². The average molecular weight is 338 g/mol. The van der Waals surface area contributed by atoms with Crippen LogP contribution in [-0.2, 0) is 0 Å². The van der Waals surface area contributed by atoms with Gasteiger partial charge in [-0.1, -0.05) is 15.9 Å². The quantitative estimate of drug-likeness (QED) is 0.828. The summed E-state index contributed by atoms with van der Waals surface area (Å²) in [4.78, 5) is 13.2. The van der Waals surface area contributed by atoms with Gasteiger partial charge in [-0.2, -0.15) is 0 Å². The van der Waals surface area contributed by atoms with Crippen molar-refractivity contribution < 1.29 is 9.90 Å². The first-order valence-electron chi connectivity index (χ1n) is 5.54. The molecule has 2 rings (SSSR count). The predicted octanol–water partition coefficient (Wildman–Crippen LogP) is 4.13. The molecule has 19 heavy (non-hydrogen) atoms. The molecule has 98 valence electrons. The summed E-state index contributed by atoms with van der Waals surface area (Å²) in [6.45, 7) is 0. The van der Waals surface area contributed by atoms with Crippen molar-refractivity contribution in [2.24, 2.45) is 0 Å². The van der Waals surface area contributed by atoms with Crippen molar-refractivity contribution in [1.29, 1.82) is 0 Å². The van der Waals surface area contributed by atoms with Gasteiger partial charge in [0.05, 0.1) is 5.56 Å². The molecular formula is C14H12BrNO2S. The second-order valence-corrected chi connectivity index (χ2v) is 5.64. The van der Waals surface area contributed by atoms with Gasteiger partial charge in [-0.05, 0) is 48.7 Å². The zero-order valence-corrected chi connectivity index (χ0v) is 12.6. The highest BCUT2D eigenvalue weighted by atomic mass is 79.9. The van der Waals surface area contributed by atoms with E-state index in [9.17, 15) is 9.90 Å². The van der Waals surface area contributed by atoms with Crippen LogP contribution < -0.4 is 5.32 Å². The lowest BCUT2D eigenvalue weighted by atomic mass is 10.2. The van der Waals surface area contributed by atoms with Crippen LogP contribution in [-0.4, -0.2) is 17.3 Å². The van der Waals surface area contributed by atoms with E-state index in [-0.39, 0.29) is 17.2 Å². The van der Waals surface area contributed by atoms with Gasteiger partial charge in [0, 0.05) is 15.1 Å². The highest BCUT2D eigenvalue weighted by molar-refractivity contribution is 9.10. The highest BCUT2D eigenvalue weighted by Gasteiger charge is 2.11. The van der Waals surface area contributed by atoms with Crippen LogP contribution in [0.2, 0.25) is 0 Å². The van der Waals surface area contributed by atoms with E-state index in [0.717, 1.165) is 9.37 Å². The summed E-state index contributed by atoms with van der Waals surface area (Å²) in [6.07, 6.45) is 1.99. The Morgan fingerprint density at radius 2 is 1.89 bits per heavy atom. The Balaban J connectivity index is 2.18. The Bertz CT molecular complexity index is 599. The molecule has 0 spiro atoms. The Morgan fingerprint density at radius 1 is 1.21 bits per heavy atom. The van der Waals surface area contributed by atoms with E-state index in [1.54, 1.807) is 23.9 Å². The van der Waals surface area contributed by atoms with E-state index >= 15 is 0 Å². The topological polar surface area (TPSA) is 49.3 Å². The molecule has 0 aliphatic heterocycles. The normalized spacial score (nSPS) is 10.2. The van der Waals surface area contributed by atoms with E-state index in [2.05, 4.69) is 21.2 Å². The molecule has 0 bridgehead atoms. The SMILES string of the molecule is CSc1ccc(NC(=O)c2cc(Br)ccc2O)cc1. The molecule has 0 aromatic heterocycles. The van der Waals surface area contributed by atoms with Crippen LogP contribution in [0, 0.1) is 0 Å². The Labute approximate surface area is 124 Å². The van der Waals surface area contributed by atoms with Gasteiger partial charge < -0.3 is 10.4 Å². The number of amides is 1. The lowest BCUT2D eigenvalue weighted by Gasteiger charge is -2.07. The molecule has 5 heteroatoms. The number of anilines is 1. The molecule has 0 saturated heterocycles. The van der Waals surface area contributed by atoms with Gasteiger partial charge in [0.2, 0.25) is 0 Å². The van der Waals surface area contributed by atoms with Crippen LogP contribution in [0.5, 0.6) is 5.75 Å². The Kier molecular flexibility index (Phi) is 4.50. The van der Waals surface area contributed by atoms with Crippen molar-refractivity contribution in [2.75, 3.05) is 11.6 Å². The molecule has 3 nitrogen and oxygen atoms in total. The number of aromatic hydroxyl groups is 1. The fraction of sp³-hybridized carbons (Fsp3) is 0.0714. The molecule has 2 aromatic carbocycles. The largest absolute Gasteiger partial charge is 0.507 e. The van der Waals surface area contributed by atoms with Gasteiger partial charge in [-0.15, -0.1) is 11.8 Å². The van der Waals surface area contributed by atoms with Crippen LogP contribution in [0.1, 0.15) is 10.4 Å². The van der Waals surface area contributed by atoms with Gasteiger partial charge >= 0.3 is 0 Å². The minimum atomic E-state index is -0.337. The van der Waals surface area contributed by atoms with E-state index < -0.39 is 0 Å². The van der Waals surface area contributed by atoms with Gasteiger partial charge in [0.15, 0.2) is 0 Å². The summed E-state index contributed by atoms with van der Waals surface area (Å²) in [5.41, 5.74) is 0.936. The molecule has 0 atom stereocenters. The van der Waals surface area contributed by atoms with E-state index in [4.69, 9.17) is 0 Å². The van der Waals surface area contributed by atoms with Crippen molar-refractivity contribution in [1.82, 2.24) is 0 Å². The van der Waals surface area contributed by atoms with Crippen LogP contribution in [0.15, 0.2) is 51.8 Å². The fourth-order valence-corrected chi connectivity index (χ4v) is 2.33. The zero-order valence-electron chi connectivity index (χ0n) is 10.2. The van der Waals surface area contributed by atoms with Crippen molar-refractivity contribution in [3.8, 4) is 5.75 Å². The molecule has 0 aliphatic carbocycles. The molecule has 0 saturated carbocycles. The third-order valence-electron chi connectivity index (χ3n) is 2.55. The molecule has 2 N–H and O–H groups in total. The summed E-state index contributed by atoms with van der Waals surface area (Å²) in [5, 5.41) is 12.4. The number of hydrogen-bond donors (Lipinski definition) is 2. The minimum absolute atomic E-state index is 0.0403. The summed E-state index contributed by atoms with van der Waals surface area (Å²) >= 11 is 4.91. The smallest absolute Gasteiger partial charge is 0.259 e. The van der Waals surface area contributed by atoms with Gasteiger partial charge in [0.1, 0.15) is 5.75 Å². The van der Waals surface area contributed by atoms with Crippen molar-refractivity contribution in [2.45, 2.75) is 4.90 Å². The fourth-order valence-electron chi connectivity index (χ4n) is 1.56. The summed E-state index contributed by atoms with van der Waals surface area (Å²) < 4.78 is 0.744. The van der Waals surface area contributed by atoms with E-state index in [1.807, 2.05) is 30.5 Å². The maximum Gasteiger partial charge on any atom is 0.259 e. The number of rotatable bonds is 3. The lowest BCUT2D eigenvalue weighted by Crippen LogP contribution is -2.12. The number of benzene rings is 2. The van der Waals surface area contributed by atoms with Crippen LogP contribution >= 0.6 is 27.7 Å². The molecule has 0 radical (unpaired) electrons. The minimum Gasteiger partial charge on any atom is -0.507 e. The molecule has 1 amide bonds. The third-order valence-corrected chi connectivity index (χ3v) is 3.79. The van der Waals surface area contributed by atoms with Crippen LogP contribution in [0.25, 0.3) is 0 Å². The second-order valence-electron chi connectivity index (χ2n) is 3.84. The van der Waals surface area contributed by atoms with Gasteiger partial charge in [0.25, 0.3) is 5.91 Å². The summed E-state index contributed by atoms with van der Waals surface area (Å²) in [5.74, 6) is -0.378. The Hall–Kier alpha value is -1.46. The first kappa shape index (κ1) is 14.0. The number of halogens is 1. The number of phenolic OH excluding ortho intramolecular Hbond substituents is 1. The maximum absolute atomic E-state index is 12.0. The lowest BCUT2D eigenvalue weighted by molar-refractivity contribution is 0.102. The van der Waals surface area contributed by atoms with Gasteiger partial charge in [-0.25, -0.2) is 0 Å². The number of carbonyl (C=O) groups excluding carboxylic acids is 1. The predicted molar refractivity (Wildman–Crippen MR) is 82.0 cm³/mol. The van der Waals surface area contributed by atoms with Crippen LogP contribution in [0.3, 0.4) is 0 Å². The summed E-state index contributed by atoms with van der Waals surface area (Å²) in [6, 6.07) is 12.3. The number of nitrogens with one attached hydrogen (secondary N) is 1. The zero-order chi connectivity index (χ0) is 13.8. The van der Waals surface area contributed by atoms with E-state index in [0.29, 0.717) is 5.69 Å². The van der Waals surface area contributed by atoms with Crippen LogP contribution in [0.4, 0.5) is 5.69 Å². The highest BCUT2D eigenvalue weighted by Crippen LogP contribution is 2.23. The molecule has 0 aliphatic rings. The second kappa shape index (κ2) is 6.12. The molecular weight excluding hydrogens is 326 g/mol.